The number of rotatable bonds is 42. The summed E-state index contributed by atoms with van der Waals surface area (Å²) in [7, 11) is 0. The predicted molar refractivity (Wildman–Crippen MR) is 236 cm³/mol. The largest absolute Gasteiger partial charge is 0.462 e. The van der Waals surface area contributed by atoms with Crippen molar-refractivity contribution in [1.82, 2.24) is 5.32 Å². The number of hydrogen-bond acceptors (Lipinski definition) is 5. The van der Waals surface area contributed by atoms with E-state index < -0.39 is 18.2 Å². The third-order valence-electron chi connectivity index (χ3n) is 10.7. The molecule has 0 spiro atoms. The van der Waals surface area contributed by atoms with E-state index in [0.29, 0.717) is 19.3 Å². The first kappa shape index (κ1) is 53.1. The number of carbonyl (C=O) groups is 2. The highest BCUT2D eigenvalue weighted by molar-refractivity contribution is 5.77. The molecule has 0 aromatic heterocycles. The molecule has 0 aromatic carbocycles. The number of carbonyl (C=O) groups excluding carboxylic acids is 2. The third kappa shape index (κ3) is 38.7. The third-order valence-corrected chi connectivity index (χ3v) is 10.7. The minimum absolute atomic E-state index is 0.0646. The van der Waals surface area contributed by atoms with Gasteiger partial charge in [-0.3, -0.25) is 9.59 Å². The average molecular weight is 774 g/mol. The van der Waals surface area contributed by atoms with Gasteiger partial charge in [0.05, 0.1) is 25.2 Å². The number of ether oxygens (including phenoxy) is 1. The van der Waals surface area contributed by atoms with E-state index in [1.807, 2.05) is 0 Å². The van der Waals surface area contributed by atoms with Crippen molar-refractivity contribution < 1.29 is 24.5 Å². The average Bonchev–Trinajstić information content (AvgIpc) is 3.18. The molecule has 0 rings (SSSR count). The first-order chi connectivity index (χ1) is 27.0. The highest BCUT2D eigenvalue weighted by Crippen LogP contribution is 2.17. The second-order valence-electron chi connectivity index (χ2n) is 16.2. The van der Waals surface area contributed by atoms with Crippen molar-refractivity contribution in [2.24, 2.45) is 0 Å². The van der Waals surface area contributed by atoms with Crippen LogP contribution in [0.1, 0.15) is 239 Å². The van der Waals surface area contributed by atoms with E-state index in [2.05, 4.69) is 62.5 Å². The van der Waals surface area contributed by atoms with E-state index in [4.69, 9.17) is 4.74 Å². The smallest absolute Gasteiger partial charge is 0.306 e. The SMILES string of the molecule is CCCC/C=C\CCCCCC(CC(=O)NC(CO)C(O)CCCCCCCCCCCC)OC(=O)CCCCCCCCC/C=C\C/C=C\CCCCC. The van der Waals surface area contributed by atoms with Gasteiger partial charge in [0, 0.05) is 6.42 Å². The Hall–Kier alpha value is -1.92. The Kier molecular flexibility index (Phi) is 41.7. The molecule has 322 valence electrons. The predicted octanol–water partition coefficient (Wildman–Crippen LogP) is 13.7. The van der Waals surface area contributed by atoms with Gasteiger partial charge in [0.25, 0.3) is 0 Å². The molecule has 0 radical (unpaired) electrons. The van der Waals surface area contributed by atoms with Crippen LogP contribution in [0, 0.1) is 0 Å². The van der Waals surface area contributed by atoms with Gasteiger partial charge in [0.2, 0.25) is 5.91 Å². The lowest BCUT2D eigenvalue weighted by molar-refractivity contribution is -0.151. The van der Waals surface area contributed by atoms with Crippen LogP contribution in [-0.2, 0) is 14.3 Å². The topological polar surface area (TPSA) is 95.9 Å². The van der Waals surface area contributed by atoms with Crippen molar-refractivity contribution in [3.05, 3.63) is 36.5 Å². The zero-order chi connectivity index (χ0) is 40.3. The highest BCUT2D eigenvalue weighted by atomic mass is 16.5. The lowest BCUT2D eigenvalue weighted by Crippen LogP contribution is -2.46. The number of nitrogens with one attached hydrogen (secondary N) is 1. The Morgan fingerprint density at radius 3 is 1.51 bits per heavy atom. The van der Waals surface area contributed by atoms with Crippen LogP contribution in [0.4, 0.5) is 0 Å². The van der Waals surface area contributed by atoms with Crippen molar-refractivity contribution in [1.29, 1.82) is 0 Å². The fourth-order valence-electron chi connectivity index (χ4n) is 7.03. The summed E-state index contributed by atoms with van der Waals surface area (Å²) < 4.78 is 5.89. The molecule has 55 heavy (non-hydrogen) atoms. The van der Waals surface area contributed by atoms with Crippen molar-refractivity contribution in [2.45, 2.75) is 257 Å². The van der Waals surface area contributed by atoms with Crippen LogP contribution in [0.2, 0.25) is 0 Å². The Balaban J connectivity index is 4.50. The van der Waals surface area contributed by atoms with Gasteiger partial charge >= 0.3 is 5.97 Å². The Labute approximate surface area is 341 Å². The van der Waals surface area contributed by atoms with Gasteiger partial charge in [-0.15, -0.1) is 0 Å². The summed E-state index contributed by atoms with van der Waals surface area (Å²) in [5.74, 6) is -0.498. The number of allylic oxidation sites excluding steroid dienone is 6. The van der Waals surface area contributed by atoms with Crippen LogP contribution < -0.4 is 5.32 Å². The van der Waals surface area contributed by atoms with Crippen molar-refractivity contribution in [3.8, 4) is 0 Å². The van der Waals surface area contributed by atoms with Gasteiger partial charge in [-0.05, 0) is 77.0 Å². The molecule has 0 saturated heterocycles. The monoisotopic (exact) mass is 774 g/mol. The molecule has 6 heteroatoms. The molecule has 0 heterocycles. The molecule has 0 aliphatic carbocycles. The lowest BCUT2D eigenvalue weighted by Gasteiger charge is -2.24. The Morgan fingerprint density at radius 1 is 0.527 bits per heavy atom. The Morgan fingerprint density at radius 2 is 0.945 bits per heavy atom. The molecule has 0 bridgehead atoms. The molecule has 1 amide bonds. The zero-order valence-electron chi connectivity index (χ0n) is 36.6. The maximum Gasteiger partial charge on any atom is 0.306 e. The van der Waals surface area contributed by atoms with Crippen LogP contribution in [0.15, 0.2) is 36.5 Å². The molecule has 3 N–H and O–H groups in total. The summed E-state index contributed by atoms with van der Waals surface area (Å²) in [6.07, 6.45) is 49.2. The summed E-state index contributed by atoms with van der Waals surface area (Å²) in [5.41, 5.74) is 0. The first-order valence-corrected chi connectivity index (χ1v) is 23.7. The van der Waals surface area contributed by atoms with Gasteiger partial charge in [0.1, 0.15) is 6.10 Å². The van der Waals surface area contributed by atoms with Crippen LogP contribution in [-0.4, -0.2) is 46.9 Å². The van der Waals surface area contributed by atoms with Gasteiger partial charge in [-0.2, -0.15) is 0 Å². The molecule has 3 atom stereocenters. The molecule has 0 aliphatic heterocycles. The first-order valence-electron chi connectivity index (χ1n) is 23.7. The summed E-state index contributed by atoms with van der Waals surface area (Å²) in [6, 6.07) is -0.703. The quantitative estimate of drug-likeness (QED) is 0.0326. The summed E-state index contributed by atoms with van der Waals surface area (Å²) in [6.45, 7) is 6.39. The van der Waals surface area contributed by atoms with E-state index in [9.17, 15) is 19.8 Å². The number of hydrogen-bond donors (Lipinski definition) is 3. The highest BCUT2D eigenvalue weighted by Gasteiger charge is 2.24. The number of esters is 1. The molecule has 0 fully saturated rings. The fourth-order valence-corrected chi connectivity index (χ4v) is 7.03. The fraction of sp³-hybridized carbons (Fsp3) is 0.837. The Bertz CT molecular complexity index is 915. The molecular formula is C49H91NO5. The normalized spacial score (nSPS) is 13.6. The molecule has 0 aliphatic rings. The van der Waals surface area contributed by atoms with Crippen molar-refractivity contribution >= 4 is 11.9 Å². The maximum atomic E-state index is 13.1. The zero-order valence-corrected chi connectivity index (χ0v) is 36.6. The molecule has 6 nitrogen and oxygen atoms in total. The number of amides is 1. The summed E-state index contributed by atoms with van der Waals surface area (Å²) in [5, 5.41) is 23.6. The van der Waals surface area contributed by atoms with E-state index in [0.717, 1.165) is 83.5 Å². The molecule has 3 unspecified atom stereocenters. The van der Waals surface area contributed by atoms with E-state index >= 15 is 0 Å². The number of unbranched alkanes of at least 4 members (excludes halogenated alkanes) is 24. The van der Waals surface area contributed by atoms with Crippen LogP contribution >= 0.6 is 0 Å². The number of aliphatic hydroxyl groups excluding tert-OH is 2. The molecular weight excluding hydrogens is 683 g/mol. The van der Waals surface area contributed by atoms with E-state index in [-0.39, 0.29) is 24.9 Å². The standard InChI is InChI=1S/C49H91NO5/c1-4-7-10-13-16-19-21-22-23-24-25-26-27-30-33-36-39-42-49(54)55-45(40-37-34-31-28-18-15-12-9-6-3)43-48(53)50-46(44-51)47(52)41-38-35-32-29-20-17-14-11-8-5-2/h15-16,18-19,22-23,45-47,51-52H,4-14,17,20-21,24-44H2,1-3H3,(H,50,53)/b18-15-,19-16-,23-22-. The minimum Gasteiger partial charge on any atom is -0.462 e. The maximum absolute atomic E-state index is 13.1. The molecule has 0 saturated carbocycles. The van der Waals surface area contributed by atoms with Gasteiger partial charge in [0.15, 0.2) is 0 Å². The summed E-state index contributed by atoms with van der Waals surface area (Å²) >= 11 is 0. The van der Waals surface area contributed by atoms with Gasteiger partial charge in [-0.25, -0.2) is 0 Å². The van der Waals surface area contributed by atoms with Crippen molar-refractivity contribution in [3.63, 3.8) is 0 Å². The van der Waals surface area contributed by atoms with E-state index in [1.54, 1.807) is 0 Å². The van der Waals surface area contributed by atoms with Gasteiger partial charge < -0.3 is 20.3 Å². The number of aliphatic hydroxyl groups is 2. The van der Waals surface area contributed by atoms with Crippen LogP contribution in [0.3, 0.4) is 0 Å². The minimum atomic E-state index is -0.788. The van der Waals surface area contributed by atoms with Gasteiger partial charge in [-0.1, -0.05) is 186 Å². The second kappa shape index (κ2) is 43.2. The van der Waals surface area contributed by atoms with E-state index in [1.165, 1.54) is 109 Å². The second-order valence-corrected chi connectivity index (χ2v) is 16.2. The van der Waals surface area contributed by atoms with Crippen molar-refractivity contribution in [2.75, 3.05) is 6.61 Å². The summed E-state index contributed by atoms with van der Waals surface area (Å²) in [4.78, 5) is 26.0. The molecule has 0 aromatic rings. The lowest BCUT2D eigenvalue weighted by atomic mass is 10.0. The van der Waals surface area contributed by atoms with Crippen LogP contribution in [0.5, 0.6) is 0 Å². The van der Waals surface area contributed by atoms with Crippen LogP contribution in [0.25, 0.3) is 0 Å².